The first-order valence-electron chi connectivity index (χ1n) is 7.56. The minimum atomic E-state index is -0.0343. The molecule has 0 radical (unpaired) electrons. The van der Waals surface area contributed by atoms with Gasteiger partial charge in [0.2, 0.25) is 0 Å². The SMILES string of the molecule is Cc1ccc2nc(C[NH+](C)Cc3ccc(Cl)cc3)cc(=O)n2c1. The summed E-state index contributed by atoms with van der Waals surface area (Å²) in [6.07, 6.45) is 1.82. The quantitative estimate of drug-likeness (QED) is 0.794. The van der Waals surface area contributed by atoms with Crippen molar-refractivity contribution >= 4 is 17.2 Å². The van der Waals surface area contributed by atoms with E-state index in [0.717, 1.165) is 22.8 Å². The molecule has 118 valence electrons. The molecule has 2 aromatic heterocycles. The van der Waals surface area contributed by atoms with Crippen LogP contribution in [0.15, 0.2) is 53.5 Å². The Hall–Kier alpha value is -2.17. The molecule has 23 heavy (non-hydrogen) atoms. The number of aromatic nitrogens is 2. The number of hydrogen-bond donors (Lipinski definition) is 1. The largest absolute Gasteiger partial charge is 0.329 e. The van der Waals surface area contributed by atoms with Crippen LogP contribution in [0.5, 0.6) is 0 Å². The van der Waals surface area contributed by atoms with E-state index in [4.69, 9.17) is 11.6 Å². The van der Waals surface area contributed by atoms with Crippen molar-refractivity contribution in [2.45, 2.75) is 20.0 Å². The monoisotopic (exact) mass is 328 g/mol. The number of nitrogens with zero attached hydrogens (tertiary/aromatic N) is 2. The van der Waals surface area contributed by atoms with Gasteiger partial charge in [0.15, 0.2) is 0 Å². The van der Waals surface area contributed by atoms with Gasteiger partial charge in [-0.15, -0.1) is 0 Å². The molecule has 1 aromatic carbocycles. The van der Waals surface area contributed by atoms with Gasteiger partial charge in [0.25, 0.3) is 5.56 Å². The third-order valence-corrected chi connectivity index (χ3v) is 4.01. The Labute approximate surface area is 140 Å². The van der Waals surface area contributed by atoms with E-state index < -0.39 is 0 Å². The Balaban J connectivity index is 1.79. The molecule has 3 rings (SSSR count). The number of aryl methyl sites for hydroxylation is 1. The number of pyridine rings is 1. The number of halogens is 1. The molecule has 0 saturated heterocycles. The minimum Gasteiger partial charge on any atom is -0.329 e. The summed E-state index contributed by atoms with van der Waals surface area (Å²) in [5.41, 5.74) is 3.72. The number of benzene rings is 1. The Morgan fingerprint density at radius 3 is 2.61 bits per heavy atom. The summed E-state index contributed by atoms with van der Waals surface area (Å²) in [5.74, 6) is 0. The molecule has 2 heterocycles. The number of quaternary nitrogens is 1. The zero-order valence-corrected chi connectivity index (χ0v) is 14.0. The molecule has 0 saturated carbocycles. The van der Waals surface area contributed by atoms with Gasteiger partial charge in [-0.1, -0.05) is 29.8 Å². The van der Waals surface area contributed by atoms with Crippen molar-refractivity contribution in [3.63, 3.8) is 0 Å². The number of nitrogens with one attached hydrogen (secondary N) is 1. The van der Waals surface area contributed by atoms with Crippen LogP contribution in [0.25, 0.3) is 5.65 Å². The summed E-state index contributed by atoms with van der Waals surface area (Å²) in [6, 6.07) is 13.3. The highest BCUT2D eigenvalue weighted by atomic mass is 35.5. The summed E-state index contributed by atoms with van der Waals surface area (Å²) in [5, 5.41) is 0.742. The molecule has 1 N–H and O–H groups in total. The third kappa shape index (κ3) is 3.78. The van der Waals surface area contributed by atoms with E-state index in [2.05, 4.69) is 12.0 Å². The van der Waals surface area contributed by atoms with E-state index in [0.29, 0.717) is 12.2 Å². The highest BCUT2D eigenvalue weighted by molar-refractivity contribution is 6.30. The second kappa shape index (κ2) is 6.52. The van der Waals surface area contributed by atoms with Crippen LogP contribution >= 0.6 is 11.6 Å². The van der Waals surface area contributed by atoms with Crippen LogP contribution < -0.4 is 10.5 Å². The van der Waals surface area contributed by atoms with Crippen molar-refractivity contribution in [3.05, 3.63) is 80.9 Å². The summed E-state index contributed by atoms with van der Waals surface area (Å²) < 4.78 is 1.59. The molecule has 0 spiro atoms. The Kier molecular flexibility index (Phi) is 4.46. The maximum absolute atomic E-state index is 12.2. The highest BCUT2D eigenvalue weighted by Crippen LogP contribution is 2.08. The molecule has 0 fully saturated rings. The van der Waals surface area contributed by atoms with Gasteiger partial charge >= 0.3 is 0 Å². The van der Waals surface area contributed by atoms with E-state index >= 15 is 0 Å². The summed E-state index contributed by atoms with van der Waals surface area (Å²) >= 11 is 5.91. The summed E-state index contributed by atoms with van der Waals surface area (Å²) in [6.45, 7) is 3.51. The number of rotatable bonds is 4. The lowest BCUT2D eigenvalue weighted by Crippen LogP contribution is -3.06. The van der Waals surface area contributed by atoms with Gasteiger partial charge in [-0.3, -0.25) is 9.20 Å². The molecule has 1 unspecified atom stereocenters. The van der Waals surface area contributed by atoms with E-state index in [9.17, 15) is 4.79 Å². The summed E-state index contributed by atoms with van der Waals surface area (Å²) in [7, 11) is 2.09. The topological polar surface area (TPSA) is 38.8 Å². The standard InChI is InChI=1S/C18H18ClN3O/c1-13-3-8-17-20-16(9-18(23)22(17)10-13)12-21(2)11-14-4-6-15(19)7-5-14/h3-10H,11-12H2,1-2H3/p+1. The second-order valence-corrected chi connectivity index (χ2v) is 6.39. The molecule has 0 bridgehead atoms. The predicted molar refractivity (Wildman–Crippen MR) is 91.9 cm³/mol. The Bertz CT molecular complexity index is 887. The normalized spacial score (nSPS) is 12.5. The first kappa shape index (κ1) is 15.7. The van der Waals surface area contributed by atoms with Crippen LogP contribution in [-0.2, 0) is 13.1 Å². The Morgan fingerprint density at radius 1 is 1.13 bits per heavy atom. The number of fused-ring (bicyclic) bond motifs is 1. The van der Waals surface area contributed by atoms with Gasteiger partial charge in [0.1, 0.15) is 24.4 Å². The van der Waals surface area contributed by atoms with Gasteiger partial charge in [0, 0.05) is 22.8 Å². The second-order valence-electron chi connectivity index (χ2n) is 5.96. The van der Waals surface area contributed by atoms with Crippen molar-refractivity contribution in [3.8, 4) is 0 Å². The van der Waals surface area contributed by atoms with Crippen molar-refractivity contribution < 1.29 is 4.90 Å². The van der Waals surface area contributed by atoms with Crippen LogP contribution in [0.4, 0.5) is 0 Å². The minimum absolute atomic E-state index is 0.0343. The molecule has 4 nitrogen and oxygen atoms in total. The Morgan fingerprint density at radius 2 is 1.87 bits per heavy atom. The van der Waals surface area contributed by atoms with E-state index in [-0.39, 0.29) is 5.56 Å². The molecular formula is C18H19ClN3O+. The average Bonchev–Trinajstić information content (AvgIpc) is 2.50. The van der Waals surface area contributed by atoms with Crippen LogP contribution in [0.3, 0.4) is 0 Å². The third-order valence-electron chi connectivity index (χ3n) is 3.76. The maximum Gasteiger partial charge on any atom is 0.258 e. The van der Waals surface area contributed by atoms with Crippen molar-refractivity contribution in [2.24, 2.45) is 0 Å². The molecular weight excluding hydrogens is 310 g/mol. The van der Waals surface area contributed by atoms with Crippen molar-refractivity contribution in [1.29, 1.82) is 0 Å². The van der Waals surface area contributed by atoms with E-state index in [1.54, 1.807) is 10.5 Å². The fourth-order valence-electron chi connectivity index (χ4n) is 2.67. The predicted octanol–water partition coefficient (Wildman–Crippen LogP) is 1.87. The lowest BCUT2D eigenvalue weighted by molar-refractivity contribution is -0.908. The zero-order chi connectivity index (χ0) is 16.4. The van der Waals surface area contributed by atoms with Gasteiger partial charge < -0.3 is 4.90 Å². The van der Waals surface area contributed by atoms with Gasteiger partial charge in [-0.05, 0) is 30.7 Å². The van der Waals surface area contributed by atoms with Gasteiger partial charge in [-0.2, -0.15) is 0 Å². The fourth-order valence-corrected chi connectivity index (χ4v) is 2.80. The average molecular weight is 329 g/mol. The molecule has 1 atom stereocenters. The highest BCUT2D eigenvalue weighted by Gasteiger charge is 2.09. The molecule has 5 heteroatoms. The lowest BCUT2D eigenvalue weighted by Gasteiger charge is -2.14. The molecule has 0 aliphatic heterocycles. The maximum atomic E-state index is 12.2. The molecule has 3 aromatic rings. The van der Waals surface area contributed by atoms with Crippen LogP contribution in [0, 0.1) is 6.92 Å². The van der Waals surface area contributed by atoms with Crippen LogP contribution in [0.2, 0.25) is 5.02 Å². The zero-order valence-electron chi connectivity index (χ0n) is 13.2. The summed E-state index contributed by atoms with van der Waals surface area (Å²) in [4.78, 5) is 18.1. The van der Waals surface area contributed by atoms with Gasteiger partial charge in [-0.25, -0.2) is 4.98 Å². The van der Waals surface area contributed by atoms with Crippen LogP contribution in [-0.4, -0.2) is 16.4 Å². The smallest absolute Gasteiger partial charge is 0.258 e. The van der Waals surface area contributed by atoms with E-state index in [1.165, 1.54) is 10.5 Å². The van der Waals surface area contributed by atoms with Crippen LogP contribution in [0.1, 0.15) is 16.8 Å². The number of hydrogen-bond acceptors (Lipinski definition) is 2. The molecule has 0 amide bonds. The van der Waals surface area contributed by atoms with Crippen molar-refractivity contribution in [1.82, 2.24) is 9.38 Å². The lowest BCUT2D eigenvalue weighted by atomic mass is 10.2. The first-order valence-corrected chi connectivity index (χ1v) is 7.94. The molecule has 0 aliphatic carbocycles. The fraction of sp³-hybridized carbons (Fsp3) is 0.222. The van der Waals surface area contributed by atoms with Gasteiger partial charge in [0.05, 0.1) is 7.05 Å². The first-order chi connectivity index (χ1) is 11.0. The van der Waals surface area contributed by atoms with Crippen molar-refractivity contribution in [2.75, 3.05) is 7.05 Å². The van der Waals surface area contributed by atoms with E-state index in [1.807, 2.05) is 49.5 Å². The molecule has 0 aliphatic rings.